The fourth-order valence-electron chi connectivity index (χ4n) is 1.74. The first-order valence-electron chi connectivity index (χ1n) is 6.48. The number of aryl methyl sites for hydroxylation is 1. The van der Waals surface area contributed by atoms with Crippen molar-refractivity contribution >= 4 is 17.4 Å². The second-order valence-corrected chi connectivity index (χ2v) is 4.27. The first-order valence-corrected chi connectivity index (χ1v) is 6.48. The number of ether oxygens (including phenoxy) is 1. The maximum absolute atomic E-state index is 12.1. The number of hydrogen-bond donors (Lipinski definition) is 3. The van der Waals surface area contributed by atoms with Crippen LogP contribution in [0.5, 0.6) is 5.88 Å². The second kappa shape index (κ2) is 6.56. The molecule has 110 valence electrons. The molecule has 0 saturated carbocycles. The van der Waals surface area contributed by atoms with Gasteiger partial charge in [0.25, 0.3) is 5.91 Å². The zero-order chi connectivity index (χ0) is 15.2. The van der Waals surface area contributed by atoms with Crippen LogP contribution in [-0.4, -0.2) is 22.5 Å². The molecule has 2 aromatic rings. The van der Waals surface area contributed by atoms with Crippen LogP contribution in [0.15, 0.2) is 30.6 Å². The SMILES string of the molecule is CCOc1ncnc(NNC(=O)c2ccccc2C)c1N. The number of benzene rings is 1. The molecule has 7 heteroatoms. The van der Waals surface area contributed by atoms with Gasteiger partial charge >= 0.3 is 0 Å². The number of carbonyl (C=O) groups excluding carboxylic acids is 1. The van der Waals surface area contributed by atoms with Gasteiger partial charge in [0.1, 0.15) is 12.0 Å². The topological polar surface area (TPSA) is 102 Å². The predicted octanol–water partition coefficient (Wildman–Crippen LogP) is 1.52. The van der Waals surface area contributed by atoms with Crippen LogP contribution in [0, 0.1) is 6.92 Å². The molecule has 0 radical (unpaired) electrons. The van der Waals surface area contributed by atoms with Crippen LogP contribution in [0.3, 0.4) is 0 Å². The van der Waals surface area contributed by atoms with E-state index in [0.717, 1.165) is 5.56 Å². The number of nitrogens with two attached hydrogens (primary N) is 1. The van der Waals surface area contributed by atoms with Gasteiger partial charge in [-0.2, -0.15) is 4.98 Å². The summed E-state index contributed by atoms with van der Waals surface area (Å²) in [7, 11) is 0. The molecule has 0 atom stereocenters. The molecule has 0 saturated heterocycles. The van der Waals surface area contributed by atoms with E-state index in [1.54, 1.807) is 12.1 Å². The lowest BCUT2D eigenvalue weighted by Crippen LogP contribution is -2.30. The Labute approximate surface area is 122 Å². The Bertz CT molecular complexity index is 645. The van der Waals surface area contributed by atoms with Crippen molar-refractivity contribution in [1.82, 2.24) is 15.4 Å². The van der Waals surface area contributed by atoms with Crippen LogP contribution in [0.1, 0.15) is 22.8 Å². The highest BCUT2D eigenvalue weighted by Gasteiger charge is 2.11. The highest BCUT2D eigenvalue weighted by molar-refractivity contribution is 5.96. The van der Waals surface area contributed by atoms with Gasteiger partial charge in [-0.05, 0) is 25.5 Å². The first-order chi connectivity index (χ1) is 10.1. The molecule has 1 heterocycles. The standard InChI is InChI=1S/C14H17N5O2/c1-3-21-14-11(15)12(16-8-17-14)18-19-13(20)10-7-5-4-6-9(10)2/h4-8H,3,15H2,1-2H3,(H,19,20)(H,16,17,18). The number of hydrogen-bond acceptors (Lipinski definition) is 6. The lowest BCUT2D eigenvalue weighted by atomic mass is 10.1. The molecule has 1 amide bonds. The van der Waals surface area contributed by atoms with Gasteiger partial charge in [-0.3, -0.25) is 15.6 Å². The zero-order valence-corrected chi connectivity index (χ0v) is 11.9. The van der Waals surface area contributed by atoms with Crippen molar-refractivity contribution in [2.24, 2.45) is 0 Å². The molecule has 0 aliphatic heterocycles. The quantitative estimate of drug-likeness (QED) is 0.721. The average molecular weight is 287 g/mol. The summed E-state index contributed by atoms with van der Waals surface area (Å²) in [6, 6.07) is 7.27. The Morgan fingerprint density at radius 1 is 1.33 bits per heavy atom. The zero-order valence-electron chi connectivity index (χ0n) is 11.9. The summed E-state index contributed by atoms with van der Waals surface area (Å²) in [5.74, 6) is 0.291. The maximum Gasteiger partial charge on any atom is 0.269 e. The summed E-state index contributed by atoms with van der Waals surface area (Å²) in [5, 5.41) is 0. The highest BCUT2D eigenvalue weighted by atomic mass is 16.5. The molecule has 1 aromatic heterocycles. The second-order valence-electron chi connectivity index (χ2n) is 4.27. The van der Waals surface area contributed by atoms with E-state index in [2.05, 4.69) is 20.8 Å². The molecular weight excluding hydrogens is 270 g/mol. The number of anilines is 2. The van der Waals surface area contributed by atoms with Gasteiger partial charge in [0, 0.05) is 5.56 Å². The van der Waals surface area contributed by atoms with E-state index < -0.39 is 0 Å². The van der Waals surface area contributed by atoms with E-state index in [4.69, 9.17) is 10.5 Å². The van der Waals surface area contributed by atoms with E-state index in [-0.39, 0.29) is 23.3 Å². The van der Waals surface area contributed by atoms with Gasteiger partial charge in [-0.15, -0.1) is 0 Å². The number of hydrazine groups is 1. The van der Waals surface area contributed by atoms with Gasteiger partial charge in [0.2, 0.25) is 5.88 Å². The fourth-order valence-corrected chi connectivity index (χ4v) is 1.74. The average Bonchev–Trinajstić information content (AvgIpc) is 2.48. The lowest BCUT2D eigenvalue weighted by Gasteiger charge is -2.12. The number of nitrogens with one attached hydrogen (secondary N) is 2. The van der Waals surface area contributed by atoms with Gasteiger partial charge < -0.3 is 10.5 Å². The predicted molar refractivity (Wildman–Crippen MR) is 79.9 cm³/mol. The molecule has 4 N–H and O–H groups in total. The Kier molecular flexibility index (Phi) is 4.55. The number of carbonyl (C=O) groups is 1. The normalized spacial score (nSPS) is 10.0. The first kappa shape index (κ1) is 14.6. The molecule has 21 heavy (non-hydrogen) atoms. The molecule has 0 aliphatic rings. The molecule has 0 aliphatic carbocycles. The molecule has 0 unspecified atom stereocenters. The van der Waals surface area contributed by atoms with Gasteiger partial charge in [-0.25, -0.2) is 4.98 Å². The third kappa shape index (κ3) is 3.38. The van der Waals surface area contributed by atoms with Gasteiger partial charge in [-0.1, -0.05) is 18.2 Å². The van der Waals surface area contributed by atoms with Crippen LogP contribution < -0.4 is 21.3 Å². The van der Waals surface area contributed by atoms with E-state index >= 15 is 0 Å². The van der Waals surface area contributed by atoms with E-state index in [1.165, 1.54) is 6.33 Å². The fraction of sp³-hybridized carbons (Fsp3) is 0.214. The van der Waals surface area contributed by atoms with Crippen LogP contribution in [0.25, 0.3) is 0 Å². The van der Waals surface area contributed by atoms with E-state index in [9.17, 15) is 4.79 Å². The van der Waals surface area contributed by atoms with Crippen LogP contribution in [0.2, 0.25) is 0 Å². The van der Waals surface area contributed by atoms with Gasteiger partial charge in [0.15, 0.2) is 5.82 Å². The molecule has 0 spiro atoms. The van der Waals surface area contributed by atoms with Crippen LogP contribution in [-0.2, 0) is 0 Å². The Morgan fingerprint density at radius 3 is 2.81 bits per heavy atom. The largest absolute Gasteiger partial charge is 0.476 e. The Hall–Kier alpha value is -2.83. The number of amides is 1. The molecule has 1 aromatic carbocycles. The summed E-state index contributed by atoms with van der Waals surface area (Å²) in [6.07, 6.45) is 1.31. The van der Waals surface area contributed by atoms with Crippen molar-refractivity contribution in [3.63, 3.8) is 0 Å². The summed E-state index contributed by atoms with van der Waals surface area (Å²) >= 11 is 0. The molecule has 0 fully saturated rings. The number of nitrogens with zero attached hydrogens (tertiary/aromatic N) is 2. The minimum atomic E-state index is -0.274. The minimum Gasteiger partial charge on any atom is -0.476 e. The van der Waals surface area contributed by atoms with E-state index in [0.29, 0.717) is 12.2 Å². The molecule has 2 rings (SSSR count). The summed E-state index contributed by atoms with van der Waals surface area (Å²) in [5.41, 5.74) is 12.8. The smallest absolute Gasteiger partial charge is 0.269 e. The van der Waals surface area contributed by atoms with E-state index in [1.807, 2.05) is 26.0 Å². The number of aromatic nitrogens is 2. The van der Waals surface area contributed by atoms with Gasteiger partial charge in [0.05, 0.1) is 6.61 Å². The van der Waals surface area contributed by atoms with Crippen LogP contribution >= 0.6 is 0 Å². The third-order valence-electron chi connectivity index (χ3n) is 2.81. The van der Waals surface area contributed by atoms with Crippen molar-refractivity contribution in [2.45, 2.75) is 13.8 Å². The maximum atomic E-state index is 12.1. The van der Waals surface area contributed by atoms with Crippen molar-refractivity contribution in [3.8, 4) is 5.88 Å². The molecule has 0 bridgehead atoms. The van der Waals surface area contributed by atoms with Crippen molar-refractivity contribution in [3.05, 3.63) is 41.7 Å². The lowest BCUT2D eigenvalue weighted by molar-refractivity contribution is 0.0962. The molecule has 7 nitrogen and oxygen atoms in total. The monoisotopic (exact) mass is 287 g/mol. The number of rotatable bonds is 5. The number of nitrogen functional groups attached to an aromatic ring is 1. The van der Waals surface area contributed by atoms with Crippen LogP contribution in [0.4, 0.5) is 11.5 Å². The highest BCUT2D eigenvalue weighted by Crippen LogP contribution is 2.23. The van der Waals surface area contributed by atoms with Crippen molar-refractivity contribution < 1.29 is 9.53 Å². The Morgan fingerprint density at radius 2 is 2.10 bits per heavy atom. The molecular formula is C14H17N5O2. The summed E-state index contributed by atoms with van der Waals surface area (Å²) in [6.45, 7) is 4.13. The minimum absolute atomic E-state index is 0.240. The third-order valence-corrected chi connectivity index (χ3v) is 2.81. The van der Waals surface area contributed by atoms with Crippen molar-refractivity contribution in [2.75, 3.05) is 17.8 Å². The summed E-state index contributed by atoms with van der Waals surface area (Å²) in [4.78, 5) is 20.0. The summed E-state index contributed by atoms with van der Waals surface area (Å²) < 4.78 is 5.26. The van der Waals surface area contributed by atoms with Crippen molar-refractivity contribution in [1.29, 1.82) is 0 Å². The Balaban J connectivity index is 2.08.